The van der Waals surface area contributed by atoms with Gasteiger partial charge in [0.2, 0.25) is 12.6 Å². The van der Waals surface area contributed by atoms with Crippen LogP contribution in [0.5, 0.6) is 34.5 Å². The maximum Gasteiger partial charge on any atom is 0.330 e. The Labute approximate surface area is 356 Å². The zero-order valence-electron chi connectivity index (χ0n) is 32.7. The van der Waals surface area contributed by atoms with E-state index in [9.17, 15) is 71.2 Å². The standard InChI is InChI=1S/C41H46O22/c42-13-27-31(50)33(52)36(55)40(61-27)59-25-11-19(44)10-24-20(25)12-26(37(58-24)17-4-7-21(45)22(46)9-17)60-41-38(63-39-35(54)30(49)23(47)14-57-39)34(53)32(51)28(62-41)15-56-29(48)8-3-16-1-5-18(43)6-2-16/h1-12,23,27-28,30-47,49-55H,13-15H2/p+1/b8-3+/t23-,27+,28+,30-,31+,32+,33-,34+,35-,36+,37?,38+,39-,40+,41+/m0/s1. The summed E-state index contributed by atoms with van der Waals surface area (Å²) in [6, 6.07) is 11.8. The van der Waals surface area contributed by atoms with Crippen LogP contribution >= 0.6 is 0 Å². The quantitative estimate of drug-likeness (QED) is 0.0389. The summed E-state index contributed by atoms with van der Waals surface area (Å²) < 4.78 is 45.1. The SMILES string of the molecule is O=C(/C=C/c1ccc(O)cc1)OC[C@H]1O[C@@H](OC2=Cc3c(O[C@@H]4O[C@H](CO)[C@@H](O)[C@H](O)[C@H]4O)cc(O)cc3[OH+]C2c2ccc(O)c(O)c2)[C@H](O[C@@H]2OC[C@H](O)[C@H](O)[C@@H]2O)[C@H](O)[C@@H]1O. The van der Waals surface area contributed by atoms with E-state index in [4.69, 9.17) is 33.2 Å². The molecule has 0 aliphatic carbocycles. The molecule has 0 aromatic heterocycles. The van der Waals surface area contributed by atoms with Crippen molar-refractivity contribution >= 4 is 18.1 Å². The fourth-order valence-corrected chi connectivity index (χ4v) is 7.14. The highest BCUT2D eigenvalue weighted by Crippen LogP contribution is 2.47. The molecular weight excluding hydrogens is 844 g/mol. The number of aromatic hydroxyl groups is 5. The van der Waals surface area contributed by atoms with Crippen LogP contribution in [0.4, 0.5) is 0 Å². The number of phenols is 4. The molecule has 4 aliphatic heterocycles. The van der Waals surface area contributed by atoms with Crippen LogP contribution in [-0.2, 0) is 33.2 Å². The number of carbonyl (C=O) groups excluding carboxylic acids is 1. The second kappa shape index (κ2) is 19.2. The molecule has 0 saturated carbocycles. The second-order valence-corrected chi connectivity index (χ2v) is 15.1. The summed E-state index contributed by atoms with van der Waals surface area (Å²) in [5.41, 5.74) is 0.709. The van der Waals surface area contributed by atoms with Crippen molar-refractivity contribution < 1.29 is 109 Å². The van der Waals surface area contributed by atoms with Crippen molar-refractivity contribution in [2.24, 2.45) is 0 Å². The highest BCUT2D eigenvalue weighted by molar-refractivity contribution is 5.87. The molecule has 3 fully saturated rings. The number of aliphatic hydroxyl groups excluding tert-OH is 9. The molecule has 1 unspecified atom stereocenters. The van der Waals surface area contributed by atoms with Gasteiger partial charge in [-0.05, 0) is 42.0 Å². The number of ether oxygens (including phenoxy) is 8. The van der Waals surface area contributed by atoms with Crippen LogP contribution in [0, 0.1) is 0 Å². The van der Waals surface area contributed by atoms with E-state index in [1.54, 1.807) is 0 Å². The normalized spacial score (nSPS) is 34.4. The Kier molecular flexibility index (Phi) is 13.9. The summed E-state index contributed by atoms with van der Waals surface area (Å²) in [6.07, 6.45) is -22.1. The molecule has 4 heterocycles. The fourth-order valence-electron chi connectivity index (χ4n) is 7.14. The molecule has 22 nitrogen and oxygen atoms in total. The lowest BCUT2D eigenvalue weighted by Crippen LogP contribution is -2.63. The molecule has 22 heteroatoms. The summed E-state index contributed by atoms with van der Waals surface area (Å²) in [4.78, 5) is 12.7. The average Bonchev–Trinajstić information content (AvgIpc) is 3.26. The number of phenolic OH excluding ortho intramolecular Hbond substituents is 4. The average molecular weight is 892 g/mol. The third-order valence-electron chi connectivity index (χ3n) is 10.7. The van der Waals surface area contributed by atoms with Crippen LogP contribution < -0.4 is 4.74 Å². The Balaban J connectivity index is 1.23. The monoisotopic (exact) mass is 891 g/mol. The van der Waals surface area contributed by atoms with Gasteiger partial charge in [0, 0.05) is 18.2 Å². The number of fused-ring (bicyclic) bond motifs is 1. The molecule has 63 heavy (non-hydrogen) atoms. The molecule has 7 rings (SSSR count). The molecule has 14 N–H and O–H groups in total. The third kappa shape index (κ3) is 9.93. The molecule has 0 spiro atoms. The summed E-state index contributed by atoms with van der Waals surface area (Å²) in [6.45, 7) is -1.98. The molecule has 15 atom stereocenters. The summed E-state index contributed by atoms with van der Waals surface area (Å²) >= 11 is 0. The van der Waals surface area contributed by atoms with Crippen molar-refractivity contribution in [2.75, 3.05) is 19.8 Å². The van der Waals surface area contributed by atoms with Gasteiger partial charge in [0.25, 0.3) is 11.9 Å². The Morgan fingerprint density at radius 3 is 2.13 bits per heavy atom. The summed E-state index contributed by atoms with van der Waals surface area (Å²) in [5, 5.41) is 136. The van der Waals surface area contributed by atoms with Gasteiger partial charge in [0.1, 0.15) is 90.5 Å². The minimum absolute atomic E-state index is 0.00347. The third-order valence-corrected chi connectivity index (χ3v) is 10.7. The zero-order valence-corrected chi connectivity index (χ0v) is 32.7. The molecular formula is C41H47O22+. The fraction of sp³-hybridized carbons (Fsp3) is 0.439. The highest BCUT2D eigenvalue weighted by atomic mass is 16.8. The van der Waals surface area contributed by atoms with Gasteiger partial charge < -0.3 is 104 Å². The van der Waals surface area contributed by atoms with Gasteiger partial charge in [-0.1, -0.05) is 12.1 Å². The number of rotatable bonds is 12. The van der Waals surface area contributed by atoms with Crippen LogP contribution in [0.2, 0.25) is 0 Å². The van der Waals surface area contributed by atoms with Crippen molar-refractivity contribution in [1.82, 2.24) is 0 Å². The maximum atomic E-state index is 12.7. The van der Waals surface area contributed by atoms with Gasteiger partial charge in [-0.3, -0.25) is 0 Å². The predicted octanol–water partition coefficient (Wildman–Crippen LogP) is -2.43. The molecule has 0 radical (unpaired) electrons. The number of benzene rings is 3. The van der Waals surface area contributed by atoms with Crippen molar-refractivity contribution in [3.05, 3.63) is 83.1 Å². The van der Waals surface area contributed by atoms with Crippen LogP contribution in [0.3, 0.4) is 0 Å². The van der Waals surface area contributed by atoms with E-state index >= 15 is 0 Å². The molecule has 0 bridgehead atoms. The smallest absolute Gasteiger partial charge is 0.330 e. The largest absolute Gasteiger partial charge is 0.571 e. The Morgan fingerprint density at radius 2 is 1.41 bits per heavy atom. The van der Waals surface area contributed by atoms with E-state index in [0.717, 1.165) is 24.3 Å². The van der Waals surface area contributed by atoms with Crippen LogP contribution in [-0.4, -0.2) is 183 Å². The summed E-state index contributed by atoms with van der Waals surface area (Å²) in [5.74, 6) is -2.85. The van der Waals surface area contributed by atoms with Gasteiger partial charge in [0.15, 0.2) is 29.7 Å². The molecule has 3 saturated heterocycles. The van der Waals surface area contributed by atoms with Crippen LogP contribution in [0.1, 0.15) is 22.8 Å². The molecule has 0 amide bonds. The highest BCUT2D eigenvalue weighted by Gasteiger charge is 2.52. The first-order valence-electron chi connectivity index (χ1n) is 19.4. The van der Waals surface area contributed by atoms with E-state index in [0.29, 0.717) is 5.56 Å². The van der Waals surface area contributed by atoms with E-state index in [-0.39, 0.29) is 34.1 Å². The topological polar surface area (TPSA) is 357 Å². The summed E-state index contributed by atoms with van der Waals surface area (Å²) in [7, 11) is 0. The van der Waals surface area contributed by atoms with Gasteiger partial charge in [-0.15, -0.1) is 0 Å². The first-order valence-corrected chi connectivity index (χ1v) is 19.4. The van der Waals surface area contributed by atoms with Crippen molar-refractivity contribution in [1.29, 1.82) is 0 Å². The number of hydrogen-bond donors (Lipinski definition) is 13. The Morgan fingerprint density at radius 1 is 0.714 bits per heavy atom. The zero-order chi connectivity index (χ0) is 45.3. The second-order valence-electron chi connectivity index (χ2n) is 15.1. The molecule has 342 valence electrons. The van der Waals surface area contributed by atoms with Crippen molar-refractivity contribution in [3.8, 4) is 34.5 Å². The van der Waals surface area contributed by atoms with Gasteiger partial charge >= 0.3 is 5.97 Å². The number of esters is 1. The van der Waals surface area contributed by atoms with Gasteiger partial charge in [0.05, 0.1) is 24.8 Å². The molecule has 4 aliphatic rings. The van der Waals surface area contributed by atoms with Crippen molar-refractivity contribution in [3.63, 3.8) is 0 Å². The Bertz CT molecular complexity index is 2130. The molecule has 3 aromatic carbocycles. The van der Waals surface area contributed by atoms with E-state index in [2.05, 4.69) is 4.74 Å². The lowest BCUT2D eigenvalue weighted by atomic mass is 9.97. The van der Waals surface area contributed by atoms with E-state index in [1.807, 2.05) is 0 Å². The number of hydrogen-bond acceptors (Lipinski definition) is 21. The minimum Gasteiger partial charge on any atom is -0.571 e. The minimum atomic E-state index is -1.98. The van der Waals surface area contributed by atoms with Gasteiger partial charge in [-0.25, -0.2) is 4.79 Å². The predicted molar refractivity (Wildman–Crippen MR) is 207 cm³/mol. The maximum absolute atomic E-state index is 12.7. The first-order chi connectivity index (χ1) is 30.0. The Hall–Kier alpha value is -5.31. The number of carbonyl (C=O) groups is 1. The van der Waals surface area contributed by atoms with E-state index in [1.165, 1.54) is 48.6 Å². The lowest BCUT2D eigenvalue weighted by Gasteiger charge is -2.45. The van der Waals surface area contributed by atoms with Gasteiger partial charge in [-0.2, -0.15) is 0 Å². The number of aliphatic hydroxyl groups is 10. The van der Waals surface area contributed by atoms with Crippen LogP contribution in [0.15, 0.2) is 66.4 Å². The lowest BCUT2D eigenvalue weighted by molar-refractivity contribution is -0.353. The van der Waals surface area contributed by atoms with E-state index < -0.39 is 135 Å². The first kappa shape index (κ1) is 45.7. The molecule has 3 aromatic rings. The van der Waals surface area contributed by atoms with Crippen molar-refractivity contribution in [2.45, 2.75) is 92.1 Å². The van der Waals surface area contributed by atoms with Crippen LogP contribution in [0.25, 0.3) is 12.2 Å².